The van der Waals surface area contributed by atoms with Crippen molar-refractivity contribution in [3.8, 4) is 11.5 Å². The summed E-state index contributed by atoms with van der Waals surface area (Å²) in [5.41, 5.74) is 0.696. The van der Waals surface area contributed by atoms with Gasteiger partial charge in [-0.2, -0.15) is 0 Å². The average Bonchev–Trinajstić information content (AvgIpc) is 2.35. The molecule has 0 aliphatic carbocycles. The van der Waals surface area contributed by atoms with Crippen molar-refractivity contribution >= 4 is 6.21 Å². The second kappa shape index (κ2) is 7.55. The molecule has 1 aromatic rings. The van der Waals surface area contributed by atoms with E-state index in [-0.39, 0.29) is 0 Å². The molecule has 0 saturated heterocycles. The Balaban J connectivity index is 2.71. The first-order chi connectivity index (χ1) is 8.69. The topological polar surface area (TPSA) is 54.3 Å². The minimum atomic E-state index is 0.588. The van der Waals surface area contributed by atoms with Gasteiger partial charge in [0.05, 0.1) is 19.9 Å². The van der Waals surface area contributed by atoms with E-state index >= 15 is 0 Å². The maximum absolute atomic E-state index is 8.62. The highest BCUT2D eigenvalue weighted by atomic mass is 16.5. The van der Waals surface area contributed by atoms with E-state index in [4.69, 9.17) is 14.7 Å². The quantitative estimate of drug-likeness (QED) is 0.348. The summed E-state index contributed by atoms with van der Waals surface area (Å²) in [4.78, 5) is 2.10. The number of para-hydroxylation sites is 1. The van der Waals surface area contributed by atoms with Crippen LogP contribution in [-0.4, -0.2) is 50.7 Å². The molecule has 1 aromatic carbocycles. The highest BCUT2D eigenvalue weighted by Crippen LogP contribution is 2.30. The van der Waals surface area contributed by atoms with E-state index < -0.39 is 0 Å². The van der Waals surface area contributed by atoms with Crippen molar-refractivity contribution in [2.24, 2.45) is 5.16 Å². The highest BCUT2D eigenvalue weighted by molar-refractivity contribution is 5.84. The van der Waals surface area contributed by atoms with Crippen molar-refractivity contribution in [1.82, 2.24) is 4.90 Å². The zero-order valence-corrected chi connectivity index (χ0v) is 11.1. The van der Waals surface area contributed by atoms with Gasteiger partial charge in [0.25, 0.3) is 0 Å². The summed E-state index contributed by atoms with van der Waals surface area (Å²) in [7, 11) is 5.63. The molecule has 1 rings (SSSR count). The summed E-state index contributed by atoms with van der Waals surface area (Å²) < 4.78 is 10.9. The van der Waals surface area contributed by atoms with E-state index in [0.717, 1.165) is 13.0 Å². The first-order valence-electron chi connectivity index (χ1n) is 5.81. The van der Waals surface area contributed by atoms with Crippen molar-refractivity contribution in [2.45, 2.75) is 6.42 Å². The van der Waals surface area contributed by atoms with E-state index in [2.05, 4.69) is 10.1 Å². The minimum absolute atomic E-state index is 0.588. The van der Waals surface area contributed by atoms with Gasteiger partial charge < -0.3 is 19.6 Å². The number of hydrogen-bond donors (Lipinski definition) is 1. The van der Waals surface area contributed by atoms with Gasteiger partial charge >= 0.3 is 0 Å². The van der Waals surface area contributed by atoms with Crippen molar-refractivity contribution in [3.63, 3.8) is 0 Å². The second-order valence-electron chi connectivity index (χ2n) is 4.13. The molecular formula is C13H20N2O3. The fourth-order valence-electron chi connectivity index (χ4n) is 1.57. The number of methoxy groups -OCH3 is 1. The van der Waals surface area contributed by atoms with E-state index in [0.29, 0.717) is 23.7 Å². The van der Waals surface area contributed by atoms with Gasteiger partial charge in [-0.1, -0.05) is 11.2 Å². The molecule has 1 N–H and O–H groups in total. The van der Waals surface area contributed by atoms with Gasteiger partial charge in [-0.15, -0.1) is 0 Å². The van der Waals surface area contributed by atoms with Gasteiger partial charge in [-0.05, 0) is 32.6 Å². The monoisotopic (exact) mass is 252 g/mol. The molecule has 0 amide bonds. The standard InChI is InChI=1S/C13H20N2O3/c1-15(2)8-5-9-18-13-11(10-14-16)6-4-7-12(13)17-3/h4,6-7,10,16H,5,8-9H2,1-3H3. The van der Waals surface area contributed by atoms with Crippen LogP contribution in [0.4, 0.5) is 0 Å². The summed E-state index contributed by atoms with van der Waals surface area (Å²) in [6, 6.07) is 5.45. The summed E-state index contributed by atoms with van der Waals surface area (Å²) >= 11 is 0. The Morgan fingerprint density at radius 1 is 1.39 bits per heavy atom. The fourth-order valence-corrected chi connectivity index (χ4v) is 1.57. The van der Waals surface area contributed by atoms with Crippen molar-refractivity contribution in [3.05, 3.63) is 23.8 Å². The molecule has 100 valence electrons. The van der Waals surface area contributed by atoms with Crippen LogP contribution in [-0.2, 0) is 0 Å². The van der Waals surface area contributed by atoms with E-state index in [1.54, 1.807) is 7.11 Å². The Bertz CT molecular complexity index is 392. The van der Waals surface area contributed by atoms with Gasteiger partial charge in [0.15, 0.2) is 11.5 Å². The summed E-state index contributed by atoms with van der Waals surface area (Å²) in [5, 5.41) is 11.6. The molecule has 0 bridgehead atoms. The van der Waals surface area contributed by atoms with Crippen LogP contribution in [0, 0.1) is 0 Å². The Kier molecular flexibility index (Phi) is 6.00. The number of benzene rings is 1. The average molecular weight is 252 g/mol. The highest BCUT2D eigenvalue weighted by Gasteiger charge is 2.09. The molecule has 5 nitrogen and oxygen atoms in total. The molecule has 0 fully saturated rings. The Morgan fingerprint density at radius 2 is 2.17 bits per heavy atom. The maximum atomic E-state index is 8.62. The number of rotatable bonds is 7. The van der Waals surface area contributed by atoms with Crippen molar-refractivity contribution in [1.29, 1.82) is 0 Å². The molecule has 0 atom stereocenters. The number of ether oxygens (including phenoxy) is 2. The van der Waals surface area contributed by atoms with Crippen molar-refractivity contribution < 1.29 is 14.7 Å². The summed E-state index contributed by atoms with van der Waals surface area (Å²) in [6.45, 7) is 1.55. The lowest BCUT2D eigenvalue weighted by Crippen LogP contribution is -2.16. The molecular weight excluding hydrogens is 232 g/mol. The van der Waals surface area contributed by atoms with Crippen molar-refractivity contribution in [2.75, 3.05) is 34.4 Å². The summed E-state index contributed by atoms with van der Waals surface area (Å²) in [6.07, 6.45) is 2.25. The Hall–Kier alpha value is -1.75. The molecule has 18 heavy (non-hydrogen) atoms. The predicted octanol–water partition coefficient (Wildman–Crippen LogP) is 1.83. The number of oxime groups is 1. The second-order valence-corrected chi connectivity index (χ2v) is 4.13. The molecule has 0 unspecified atom stereocenters. The molecule has 0 heterocycles. The van der Waals surface area contributed by atoms with Gasteiger partial charge in [0.1, 0.15) is 0 Å². The zero-order valence-electron chi connectivity index (χ0n) is 11.1. The predicted molar refractivity (Wildman–Crippen MR) is 71.0 cm³/mol. The lowest BCUT2D eigenvalue weighted by molar-refractivity contribution is 0.267. The smallest absolute Gasteiger partial charge is 0.170 e. The SMILES string of the molecule is COc1cccc(C=NO)c1OCCCN(C)C. The first kappa shape index (κ1) is 14.3. The lowest BCUT2D eigenvalue weighted by atomic mass is 10.2. The summed E-state index contributed by atoms with van der Waals surface area (Å²) in [5.74, 6) is 1.24. The van der Waals surface area contributed by atoms with E-state index in [1.807, 2.05) is 32.3 Å². The number of hydrogen-bond acceptors (Lipinski definition) is 5. The maximum Gasteiger partial charge on any atom is 0.170 e. The zero-order chi connectivity index (χ0) is 13.4. The van der Waals surface area contributed by atoms with Crippen LogP contribution < -0.4 is 9.47 Å². The molecule has 0 aliphatic heterocycles. The van der Waals surface area contributed by atoms with Gasteiger partial charge in [0, 0.05) is 12.1 Å². The molecule has 0 aromatic heterocycles. The van der Waals surface area contributed by atoms with Crippen LogP contribution in [0.1, 0.15) is 12.0 Å². The third kappa shape index (κ3) is 4.25. The molecule has 5 heteroatoms. The number of nitrogens with zero attached hydrogens (tertiary/aromatic N) is 2. The van der Waals surface area contributed by atoms with Gasteiger partial charge in [0.2, 0.25) is 0 Å². The molecule has 0 spiro atoms. The van der Waals surface area contributed by atoms with E-state index in [9.17, 15) is 0 Å². The van der Waals surface area contributed by atoms with Crippen LogP contribution in [0.15, 0.2) is 23.4 Å². The first-order valence-corrected chi connectivity index (χ1v) is 5.81. The van der Waals surface area contributed by atoms with Gasteiger partial charge in [-0.3, -0.25) is 0 Å². The van der Waals surface area contributed by atoms with Gasteiger partial charge in [-0.25, -0.2) is 0 Å². The fraction of sp³-hybridized carbons (Fsp3) is 0.462. The lowest BCUT2D eigenvalue weighted by Gasteiger charge is -2.14. The molecule has 0 aliphatic rings. The molecule has 0 saturated carbocycles. The third-order valence-corrected chi connectivity index (χ3v) is 2.42. The Labute approximate surface area is 108 Å². The van der Waals surface area contributed by atoms with Crippen LogP contribution in [0.2, 0.25) is 0 Å². The van der Waals surface area contributed by atoms with Crippen LogP contribution in [0.3, 0.4) is 0 Å². The Morgan fingerprint density at radius 3 is 2.78 bits per heavy atom. The largest absolute Gasteiger partial charge is 0.493 e. The minimum Gasteiger partial charge on any atom is -0.493 e. The van der Waals surface area contributed by atoms with Crippen LogP contribution in [0.5, 0.6) is 11.5 Å². The van der Waals surface area contributed by atoms with Crippen LogP contribution >= 0.6 is 0 Å². The third-order valence-electron chi connectivity index (χ3n) is 2.42. The van der Waals surface area contributed by atoms with E-state index in [1.165, 1.54) is 6.21 Å². The normalized spacial score (nSPS) is 11.1. The van der Waals surface area contributed by atoms with Crippen LogP contribution in [0.25, 0.3) is 0 Å². The molecule has 0 radical (unpaired) electrons.